The van der Waals surface area contributed by atoms with Crippen LogP contribution in [0.15, 0.2) is 36.7 Å². The molecule has 164 valence electrons. The van der Waals surface area contributed by atoms with Crippen molar-refractivity contribution in [3.8, 4) is 0 Å². The van der Waals surface area contributed by atoms with E-state index in [2.05, 4.69) is 27.1 Å². The molecule has 2 fully saturated rings. The molecule has 0 bridgehead atoms. The molecule has 3 heterocycles. The third kappa shape index (κ3) is 4.95. The molecule has 1 atom stereocenters. The van der Waals surface area contributed by atoms with E-state index in [0.717, 1.165) is 51.0 Å². The largest absolute Gasteiger partial charge is 0.371 e. The first-order chi connectivity index (χ1) is 15.0. The monoisotopic (exact) mass is 422 g/mol. The van der Waals surface area contributed by atoms with E-state index in [1.165, 1.54) is 0 Å². The average Bonchev–Trinajstić information content (AvgIpc) is 2.80. The van der Waals surface area contributed by atoms with Gasteiger partial charge in [0.1, 0.15) is 0 Å². The van der Waals surface area contributed by atoms with Crippen LogP contribution in [-0.2, 0) is 4.79 Å². The Hall–Kier alpha value is -3.16. The predicted octanol–water partition coefficient (Wildman–Crippen LogP) is 2.67. The Morgan fingerprint density at radius 2 is 1.81 bits per heavy atom. The summed E-state index contributed by atoms with van der Waals surface area (Å²) in [5.74, 6) is 0.641. The number of nitrogens with zero attached hydrogens (tertiary/aromatic N) is 4. The Kier molecular flexibility index (Phi) is 6.34. The molecule has 31 heavy (non-hydrogen) atoms. The van der Waals surface area contributed by atoms with Crippen LogP contribution in [0.3, 0.4) is 0 Å². The summed E-state index contributed by atoms with van der Waals surface area (Å²) in [4.78, 5) is 37.9. The molecule has 2 amide bonds. The lowest BCUT2D eigenvalue weighted by Crippen LogP contribution is -2.41. The minimum Gasteiger partial charge on any atom is -0.371 e. The molecule has 0 spiro atoms. The van der Waals surface area contributed by atoms with E-state index in [4.69, 9.17) is 5.73 Å². The van der Waals surface area contributed by atoms with Gasteiger partial charge in [0.15, 0.2) is 0 Å². The number of piperidine rings is 2. The third-order valence-corrected chi connectivity index (χ3v) is 6.28. The van der Waals surface area contributed by atoms with E-state index in [9.17, 15) is 9.59 Å². The van der Waals surface area contributed by atoms with Gasteiger partial charge in [-0.25, -0.2) is 9.97 Å². The fourth-order valence-corrected chi connectivity index (χ4v) is 4.41. The van der Waals surface area contributed by atoms with Gasteiger partial charge < -0.3 is 20.9 Å². The van der Waals surface area contributed by atoms with Crippen molar-refractivity contribution in [2.75, 3.05) is 41.3 Å². The highest BCUT2D eigenvalue weighted by atomic mass is 16.2. The first-order valence-corrected chi connectivity index (χ1v) is 11.0. The maximum Gasteiger partial charge on any atom is 0.250 e. The van der Waals surface area contributed by atoms with Gasteiger partial charge in [0.2, 0.25) is 11.9 Å². The van der Waals surface area contributed by atoms with E-state index in [1.54, 1.807) is 24.5 Å². The SMILES string of the molecule is CC1CCN(c2ccc(NC(=O)[C@H]3CCCN(c4ncccn4)C3)cc2C(N)=O)CC1. The van der Waals surface area contributed by atoms with Crippen molar-refractivity contribution in [3.05, 3.63) is 42.2 Å². The molecule has 1 aromatic heterocycles. The number of anilines is 3. The quantitative estimate of drug-likeness (QED) is 0.768. The number of hydrogen-bond acceptors (Lipinski definition) is 6. The minimum absolute atomic E-state index is 0.0596. The number of benzene rings is 1. The Morgan fingerprint density at radius 1 is 1.06 bits per heavy atom. The molecule has 2 aliphatic heterocycles. The lowest BCUT2D eigenvalue weighted by atomic mass is 9.96. The van der Waals surface area contributed by atoms with Crippen LogP contribution in [0, 0.1) is 11.8 Å². The van der Waals surface area contributed by atoms with E-state index in [-0.39, 0.29) is 11.8 Å². The van der Waals surface area contributed by atoms with Crippen LogP contribution in [0.1, 0.15) is 43.0 Å². The summed E-state index contributed by atoms with van der Waals surface area (Å²) in [7, 11) is 0. The van der Waals surface area contributed by atoms with Gasteiger partial charge >= 0.3 is 0 Å². The second kappa shape index (κ2) is 9.32. The van der Waals surface area contributed by atoms with Crippen molar-refractivity contribution in [1.82, 2.24) is 9.97 Å². The van der Waals surface area contributed by atoms with Gasteiger partial charge in [-0.3, -0.25) is 9.59 Å². The van der Waals surface area contributed by atoms with Gasteiger partial charge in [0, 0.05) is 49.9 Å². The number of aromatic nitrogens is 2. The lowest BCUT2D eigenvalue weighted by molar-refractivity contribution is -0.120. The number of primary amides is 1. The van der Waals surface area contributed by atoms with E-state index >= 15 is 0 Å². The Balaban J connectivity index is 1.45. The molecule has 0 aliphatic carbocycles. The topological polar surface area (TPSA) is 104 Å². The molecule has 0 saturated carbocycles. The molecule has 0 unspecified atom stereocenters. The summed E-state index contributed by atoms with van der Waals surface area (Å²) in [6, 6.07) is 7.24. The second-order valence-electron chi connectivity index (χ2n) is 8.59. The molecule has 0 radical (unpaired) electrons. The molecule has 2 aromatic rings. The van der Waals surface area contributed by atoms with Crippen LogP contribution in [0.4, 0.5) is 17.3 Å². The number of rotatable bonds is 5. The molecular weight excluding hydrogens is 392 g/mol. The third-order valence-electron chi connectivity index (χ3n) is 6.28. The maximum atomic E-state index is 12.9. The number of carbonyl (C=O) groups excluding carboxylic acids is 2. The lowest BCUT2D eigenvalue weighted by Gasteiger charge is -2.33. The van der Waals surface area contributed by atoms with Gasteiger partial charge in [-0.1, -0.05) is 6.92 Å². The van der Waals surface area contributed by atoms with Crippen LogP contribution in [0.2, 0.25) is 0 Å². The highest BCUT2D eigenvalue weighted by molar-refractivity contribution is 6.01. The molecule has 8 heteroatoms. The first-order valence-electron chi connectivity index (χ1n) is 11.0. The van der Waals surface area contributed by atoms with Crippen LogP contribution < -0.4 is 20.9 Å². The fourth-order valence-electron chi connectivity index (χ4n) is 4.41. The molecule has 3 N–H and O–H groups in total. The van der Waals surface area contributed by atoms with Crippen molar-refractivity contribution >= 4 is 29.1 Å². The summed E-state index contributed by atoms with van der Waals surface area (Å²) < 4.78 is 0. The Morgan fingerprint density at radius 3 is 2.52 bits per heavy atom. The number of nitrogens with one attached hydrogen (secondary N) is 1. The highest BCUT2D eigenvalue weighted by Gasteiger charge is 2.27. The van der Waals surface area contributed by atoms with E-state index < -0.39 is 5.91 Å². The van der Waals surface area contributed by atoms with Gasteiger partial charge in [-0.15, -0.1) is 0 Å². The van der Waals surface area contributed by atoms with Crippen molar-refractivity contribution < 1.29 is 9.59 Å². The molecule has 4 rings (SSSR count). The zero-order chi connectivity index (χ0) is 21.8. The molecular formula is C23H30N6O2. The van der Waals surface area contributed by atoms with Gasteiger partial charge in [-0.05, 0) is 55.9 Å². The Bertz CT molecular complexity index is 927. The maximum absolute atomic E-state index is 12.9. The number of amides is 2. The smallest absolute Gasteiger partial charge is 0.250 e. The summed E-state index contributed by atoms with van der Waals surface area (Å²) in [5, 5.41) is 2.98. The summed E-state index contributed by atoms with van der Waals surface area (Å²) in [6.45, 7) is 5.48. The predicted molar refractivity (Wildman–Crippen MR) is 121 cm³/mol. The van der Waals surface area contributed by atoms with Crippen molar-refractivity contribution in [2.24, 2.45) is 17.6 Å². The molecule has 2 aliphatic rings. The van der Waals surface area contributed by atoms with Gasteiger partial charge in [-0.2, -0.15) is 0 Å². The zero-order valence-electron chi connectivity index (χ0n) is 18.0. The minimum atomic E-state index is -0.477. The normalized spacial score (nSPS) is 19.8. The van der Waals surface area contributed by atoms with Crippen LogP contribution in [-0.4, -0.2) is 48.0 Å². The summed E-state index contributed by atoms with van der Waals surface area (Å²) >= 11 is 0. The van der Waals surface area contributed by atoms with E-state index in [0.29, 0.717) is 29.7 Å². The Labute approximate surface area is 182 Å². The van der Waals surface area contributed by atoms with Crippen LogP contribution in [0.5, 0.6) is 0 Å². The molecule has 2 saturated heterocycles. The summed E-state index contributed by atoms with van der Waals surface area (Å²) in [6.07, 6.45) is 7.32. The van der Waals surface area contributed by atoms with Crippen molar-refractivity contribution in [2.45, 2.75) is 32.6 Å². The van der Waals surface area contributed by atoms with Crippen molar-refractivity contribution in [3.63, 3.8) is 0 Å². The fraction of sp³-hybridized carbons (Fsp3) is 0.478. The molecule has 8 nitrogen and oxygen atoms in total. The number of nitrogens with two attached hydrogens (primary N) is 1. The molecule has 1 aromatic carbocycles. The van der Waals surface area contributed by atoms with E-state index in [1.807, 2.05) is 17.0 Å². The van der Waals surface area contributed by atoms with Crippen LogP contribution in [0.25, 0.3) is 0 Å². The number of hydrogen-bond donors (Lipinski definition) is 2. The average molecular weight is 423 g/mol. The highest BCUT2D eigenvalue weighted by Crippen LogP contribution is 2.29. The van der Waals surface area contributed by atoms with Gasteiger partial charge in [0.05, 0.1) is 11.5 Å². The standard InChI is InChI=1S/C23H30N6O2/c1-16-7-12-28(13-8-16)20-6-5-18(14-19(20)21(24)30)27-22(31)17-4-2-11-29(15-17)23-25-9-3-10-26-23/h3,5-6,9-10,14,16-17H,2,4,7-8,11-13,15H2,1H3,(H2,24,30)(H,27,31)/t17-/m0/s1. The van der Waals surface area contributed by atoms with Crippen molar-refractivity contribution in [1.29, 1.82) is 0 Å². The van der Waals surface area contributed by atoms with Crippen LogP contribution >= 0.6 is 0 Å². The first kappa shape index (κ1) is 21.1. The van der Waals surface area contributed by atoms with Gasteiger partial charge in [0.25, 0.3) is 5.91 Å². The zero-order valence-corrected chi connectivity index (χ0v) is 18.0. The summed E-state index contributed by atoms with van der Waals surface area (Å²) in [5.41, 5.74) is 7.58. The number of carbonyl (C=O) groups is 2. The second-order valence-corrected chi connectivity index (χ2v) is 8.59.